The molecule has 2 aromatic carbocycles. The zero-order valence-corrected chi connectivity index (χ0v) is 17.9. The smallest absolute Gasteiger partial charge is 0.258 e. The Morgan fingerprint density at radius 3 is 2.59 bits per heavy atom. The van der Waals surface area contributed by atoms with E-state index in [0.717, 1.165) is 31.4 Å². The molecule has 0 bridgehead atoms. The van der Waals surface area contributed by atoms with Crippen LogP contribution in [0.3, 0.4) is 0 Å². The average molecular weight is 439 g/mol. The van der Waals surface area contributed by atoms with Gasteiger partial charge in [-0.3, -0.25) is 4.79 Å². The maximum Gasteiger partial charge on any atom is 0.258 e. The van der Waals surface area contributed by atoms with E-state index in [2.05, 4.69) is 17.0 Å². The van der Waals surface area contributed by atoms with Gasteiger partial charge in [-0.05, 0) is 48.6 Å². The number of halogens is 2. The van der Waals surface area contributed by atoms with Crippen LogP contribution in [0.25, 0.3) is 0 Å². The lowest BCUT2D eigenvalue weighted by Crippen LogP contribution is -2.43. The van der Waals surface area contributed by atoms with Gasteiger partial charge in [-0.15, -0.1) is 0 Å². The van der Waals surface area contributed by atoms with Crippen molar-refractivity contribution in [3.63, 3.8) is 0 Å². The van der Waals surface area contributed by atoms with Crippen LogP contribution in [0.2, 0.25) is 5.02 Å². The van der Waals surface area contributed by atoms with Crippen molar-refractivity contribution in [3.8, 4) is 0 Å². The molecule has 29 heavy (non-hydrogen) atoms. The van der Waals surface area contributed by atoms with Crippen LogP contribution in [0.15, 0.2) is 47.4 Å². The molecule has 5 nitrogen and oxygen atoms in total. The first-order valence-electron chi connectivity index (χ1n) is 9.57. The van der Waals surface area contributed by atoms with E-state index in [-0.39, 0.29) is 22.4 Å². The van der Waals surface area contributed by atoms with E-state index >= 15 is 0 Å². The summed E-state index contributed by atoms with van der Waals surface area (Å²) in [6, 6.07) is 9.56. The number of carbonyl (C=O) groups excluding carboxylic acids is 1. The zero-order chi connectivity index (χ0) is 21.2. The van der Waals surface area contributed by atoms with Crippen LogP contribution in [0, 0.1) is 17.7 Å². The summed E-state index contributed by atoms with van der Waals surface area (Å²) in [6.45, 7) is 4.14. The topological polar surface area (TPSA) is 75.3 Å². The molecule has 2 N–H and O–H groups in total. The summed E-state index contributed by atoms with van der Waals surface area (Å²) in [4.78, 5) is 12.4. The average Bonchev–Trinajstić information content (AvgIpc) is 2.67. The number of hydrogen-bond acceptors (Lipinski definition) is 3. The summed E-state index contributed by atoms with van der Waals surface area (Å²) in [6.07, 6.45) is 2.78. The molecule has 1 aliphatic rings. The van der Waals surface area contributed by atoms with Crippen molar-refractivity contribution in [1.82, 2.24) is 4.72 Å². The number of rotatable bonds is 5. The summed E-state index contributed by atoms with van der Waals surface area (Å²) in [5.41, 5.74) is -0.0483. The highest BCUT2D eigenvalue weighted by molar-refractivity contribution is 7.89. The fourth-order valence-electron chi connectivity index (χ4n) is 3.61. The van der Waals surface area contributed by atoms with E-state index < -0.39 is 21.7 Å². The Labute approximate surface area is 175 Å². The molecule has 156 valence electrons. The number of para-hydroxylation sites is 1. The van der Waals surface area contributed by atoms with Crippen LogP contribution in [0.4, 0.5) is 10.1 Å². The van der Waals surface area contributed by atoms with E-state index in [1.807, 2.05) is 6.92 Å². The second-order valence-electron chi connectivity index (χ2n) is 7.57. The molecule has 3 atom stereocenters. The molecule has 0 heterocycles. The lowest BCUT2D eigenvalue weighted by molar-refractivity contribution is 0.102. The Balaban J connectivity index is 1.84. The summed E-state index contributed by atoms with van der Waals surface area (Å²) in [7, 11) is -3.89. The van der Waals surface area contributed by atoms with E-state index in [1.54, 1.807) is 24.3 Å². The van der Waals surface area contributed by atoms with Crippen LogP contribution in [-0.4, -0.2) is 20.4 Å². The van der Waals surface area contributed by atoms with Gasteiger partial charge in [0.05, 0.1) is 21.2 Å². The maximum atomic E-state index is 14.3. The summed E-state index contributed by atoms with van der Waals surface area (Å²) >= 11 is 6.02. The molecule has 8 heteroatoms. The molecule has 1 amide bonds. The highest BCUT2D eigenvalue weighted by Crippen LogP contribution is 2.30. The van der Waals surface area contributed by atoms with Gasteiger partial charge in [0.25, 0.3) is 5.91 Å². The maximum absolute atomic E-state index is 14.3. The fourth-order valence-corrected chi connectivity index (χ4v) is 5.18. The van der Waals surface area contributed by atoms with Crippen molar-refractivity contribution in [1.29, 1.82) is 0 Å². The van der Waals surface area contributed by atoms with Crippen LogP contribution < -0.4 is 10.0 Å². The van der Waals surface area contributed by atoms with Crippen molar-refractivity contribution < 1.29 is 17.6 Å². The van der Waals surface area contributed by atoms with E-state index in [4.69, 9.17) is 11.6 Å². The van der Waals surface area contributed by atoms with Crippen molar-refractivity contribution >= 4 is 33.2 Å². The minimum Gasteiger partial charge on any atom is -0.321 e. The lowest BCUT2D eigenvalue weighted by Gasteiger charge is -2.34. The number of carbonyl (C=O) groups is 1. The van der Waals surface area contributed by atoms with Crippen molar-refractivity contribution in [2.24, 2.45) is 11.8 Å². The predicted octanol–water partition coefficient (Wildman–Crippen LogP) is 4.83. The van der Waals surface area contributed by atoms with Crippen LogP contribution in [0.1, 0.15) is 43.5 Å². The Kier molecular flexibility index (Phi) is 6.61. The van der Waals surface area contributed by atoms with E-state index in [9.17, 15) is 17.6 Å². The number of nitrogens with one attached hydrogen (secondary N) is 2. The number of anilines is 1. The minimum atomic E-state index is -3.89. The van der Waals surface area contributed by atoms with Crippen LogP contribution >= 0.6 is 11.6 Å². The highest BCUT2D eigenvalue weighted by Gasteiger charge is 2.31. The molecule has 1 fully saturated rings. The monoisotopic (exact) mass is 438 g/mol. The molecule has 1 aliphatic carbocycles. The fraction of sp³-hybridized carbons (Fsp3) is 0.381. The predicted molar refractivity (Wildman–Crippen MR) is 112 cm³/mol. The molecular formula is C21H24ClFN2O3S. The van der Waals surface area contributed by atoms with Gasteiger partial charge in [-0.2, -0.15) is 0 Å². The summed E-state index contributed by atoms with van der Waals surface area (Å²) in [5.74, 6) is -0.968. The largest absolute Gasteiger partial charge is 0.321 e. The third kappa shape index (κ3) is 4.97. The van der Waals surface area contributed by atoms with Gasteiger partial charge in [-0.1, -0.05) is 50.4 Å². The minimum absolute atomic E-state index is 0.145. The Bertz CT molecular complexity index is 1010. The molecule has 0 aliphatic heterocycles. The molecular weight excluding hydrogens is 415 g/mol. The van der Waals surface area contributed by atoms with Gasteiger partial charge >= 0.3 is 0 Å². The SMILES string of the molecule is C[C@H]1[C@H](C)CCC[C@H]1NS(=O)(=O)c1ccc(F)c(C(=O)Nc2ccccc2Cl)c1. The van der Waals surface area contributed by atoms with E-state index in [1.165, 1.54) is 6.07 Å². The van der Waals surface area contributed by atoms with Crippen molar-refractivity contribution in [2.75, 3.05) is 5.32 Å². The molecule has 1 saturated carbocycles. The van der Waals surface area contributed by atoms with Gasteiger partial charge in [0.15, 0.2) is 0 Å². The summed E-state index contributed by atoms with van der Waals surface area (Å²) in [5, 5.41) is 2.81. The number of benzene rings is 2. The van der Waals surface area contributed by atoms with Crippen molar-refractivity contribution in [3.05, 3.63) is 58.9 Å². The quantitative estimate of drug-likeness (QED) is 0.701. The highest BCUT2D eigenvalue weighted by atomic mass is 35.5. The third-order valence-electron chi connectivity index (χ3n) is 5.63. The molecule has 0 unspecified atom stereocenters. The van der Waals surface area contributed by atoms with E-state index in [0.29, 0.717) is 16.6 Å². The van der Waals surface area contributed by atoms with Gasteiger partial charge < -0.3 is 5.32 Å². The first-order chi connectivity index (χ1) is 13.7. The van der Waals surface area contributed by atoms with Crippen molar-refractivity contribution in [2.45, 2.75) is 44.0 Å². The first-order valence-corrected chi connectivity index (χ1v) is 11.4. The standard InChI is InChI=1S/C21H24ClFN2O3S/c1-13-6-5-9-19(14(13)2)25-29(27,28)15-10-11-18(23)16(12-15)21(26)24-20-8-4-3-7-17(20)22/h3-4,7-8,10-14,19,25H,5-6,9H2,1-2H3,(H,24,26)/t13-,14+,19-/m1/s1. The first kappa shape index (κ1) is 21.7. The van der Waals surface area contributed by atoms with Gasteiger partial charge in [0.2, 0.25) is 10.0 Å². The molecule has 3 rings (SSSR count). The second-order valence-corrected chi connectivity index (χ2v) is 9.69. The molecule has 0 spiro atoms. The molecule has 0 saturated heterocycles. The zero-order valence-electron chi connectivity index (χ0n) is 16.3. The summed E-state index contributed by atoms with van der Waals surface area (Å²) < 4.78 is 42.7. The Morgan fingerprint density at radius 1 is 1.14 bits per heavy atom. The Morgan fingerprint density at radius 2 is 1.86 bits per heavy atom. The van der Waals surface area contributed by atoms with Gasteiger partial charge in [0.1, 0.15) is 5.82 Å². The molecule has 0 aromatic heterocycles. The third-order valence-corrected chi connectivity index (χ3v) is 7.45. The Hall–Kier alpha value is -1.96. The lowest BCUT2D eigenvalue weighted by atomic mass is 9.78. The van der Waals surface area contributed by atoms with Crippen LogP contribution in [0.5, 0.6) is 0 Å². The second kappa shape index (κ2) is 8.81. The van der Waals surface area contributed by atoms with Crippen LogP contribution in [-0.2, 0) is 10.0 Å². The number of amides is 1. The normalized spacial score (nSPS) is 22.3. The number of hydrogen-bond donors (Lipinski definition) is 2. The van der Waals surface area contributed by atoms with Gasteiger partial charge in [-0.25, -0.2) is 17.5 Å². The van der Waals surface area contributed by atoms with Gasteiger partial charge in [0, 0.05) is 6.04 Å². The number of sulfonamides is 1. The molecule has 2 aromatic rings. The molecule has 0 radical (unpaired) electrons.